The number of benzene rings is 5. The molecule has 0 aliphatic carbocycles. The third-order valence-electron chi connectivity index (χ3n) is 5.80. The predicted molar refractivity (Wildman–Crippen MR) is 134 cm³/mol. The topological polar surface area (TPSA) is 52.6 Å². The first kappa shape index (κ1) is 21.4. The summed E-state index contributed by atoms with van der Waals surface area (Å²) in [5.74, 6) is -0.0155. The van der Waals surface area contributed by atoms with Gasteiger partial charge in [0.25, 0.3) is 0 Å². The molecule has 0 heterocycles. The second kappa shape index (κ2) is 8.83. The molecule has 0 amide bonds. The molecule has 0 bridgehead atoms. The molecule has 0 atom stereocenters. The fraction of sp³-hybridized carbons (Fsp3) is 0.0667. The third kappa shape index (κ3) is 4.02. The molecule has 0 radical (unpaired) electrons. The van der Waals surface area contributed by atoms with Crippen molar-refractivity contribution in [2.45, 2.75) is 13.8 Å². The van der Waals surface area contributed by atoms with Crippen LogP contribution in [-0.2, 0) is 0 Å². The standard InChI is InChI=1S/C30H22O4/c1-19-11-15-21(16-12-19)29(31)33-27-23-7-3-5-9-25(23)28(26-10-6-4-8-24(26)27)34-30(32)22-17-13-20(2)14-18-22/h3-18H,1-2H3. The minimum atomic E-state index is -0.445. The van der Waals surface area contributed by atoms with Crippen molar-refractivity contribution in [2.75, 3.05) is 0 Å². The van der Waals surface area contributed by atoms with Crippen LogP contribution < -0.4 is 9.47 Å². The van der Waals surface area contributed by atoms with Crippen molar-refractivity contribution in [2.24, 2.45) is 0 Å². The van der Waals surface area contributed by atoms with Crippen LogP contribution in [0.25, 0.3) is 21.5 Å². The number of hydrogen-bond acceptors (Lipinski definition) is 4. The largest absolute Gasteiger partial charge is 0.422 e. The molecule has 4 nitrogen and oxygen atoms in total. The molecule has 0 saturated heterocycles. The summed E-state index contributed by atoms with van der Waals surface area (Å²) in [6.07, 6.45) is 0. The number of fused-ring (bicyclic) bond motifs is 2. The summed E-state index contributed by atoms with van der Waals surface area (Å²) in [4.78, 5) is 26.0. The number of esters is 2. The molecule has 0 N–H and O–H groups in total. The number of hydrogen-bond donors (Lipinski definition) is 0. The monoisotopic (exact) mass is 446 g/mol. The molecule has 5 aromatic rings. The molecular weight excluding hydrogens is 424 g/mol. The van der Waals surface area contributed by atoms with E-state index in [2.05, 4.69) is 0 Å². The highest BCUT2D eigenvalue weighted by Gasteiger charge is 2.21. The van der Waals surface area contributed by atoms with E-state index in [0.717, 1.165) is 11.1 Å². The fourth-order valence-corrected chi connectivity index (χ4v) is 3.95. The van der Waals surface area contributed by atoms with Gasteiger partial charge in [0.1, 0.15) is 11.5 Å². The average Bonchev–Trinajstić information content (AvgIpc) is 2.86. The highest BCUT2D eigenvalue weighted by atomic mass is 16.5. The molecule has 5 aromatic carbocycles. The molecule has 0 spiro atoms. The van der Waals surface area contributed by atoms with E-state index in [4.69, 9.17) is 9.47 Å². The Morgan fingerprint density at radius 2 is 0.765 bits per heavy atom. The van der Waals surface area contributed by atoms with Gasteiger partial charge in [0, 0.05) is 21.5 Å². The maximum Gasteiger partial charge on any atom is 0.343 e. The first-order valence-electron chi connectivity index (χ1n) is 11.0. The van der Waals surface area contributed by atoms with Gasteiger partial charge in [-0.1, -0.05) is 83.9 Å². The number of carbonyl (C=O) groups excluding carboxylic acids is 2. The van der Waals surface area contributed by atoms with E-state index in [0.29, 0.717) is 44.2 Å². The van der Waals surface area contributed by atoms with Crippen LogP contribution in [0.2, 0.25) is 0 Å². The van der Waals surface area contributed by atoms with Gasteiger partial charge in [0.05, 0.1) is 11.1 Å². The van der Waals surface area contributed by atoms with Gasteiger partial charge in [-0.15, -0.1) is 0 Å². The van der Waals surface area contributed by atoms with Crippen LogP contribution in [0, 0.1) is 13.8 Å². The first-order valence-corrected chi connectivity index (χ1v) is 11.0. The lowest BCUT2D eigenvalue weighted by molar-refractivity contribution is 0.0726. The zero-order valence-corrected chi connectivity index (χ0v) is 18.9. The van der Waals surface area contributed by atoms with Crippen molar-refractivity contribution in [1.29, 1.82) is 0 Å². The van der Waals surface area contributed by atoms with Crippen molar-refractivity contribution >= 4 is 33.5 Å². The number of aryl methyl sites for hydroxylation is 2. The zero-order chi connectivity index (χ0) is 23.7. The second-order valence-electron chi connectivity index (χ2n) is 8.26. The molecule has 0 fully saturated rings. The Bertz CT molecular complexity index is 1360. The SMILES string of the molecule is Cc1ccc(C(=O)Oc2c3ccccc3c(OC(=O)c3ccc(C)cc3)c3ccccc23)cc1. The third-order valence-corrected chi connectivity index (χ3v) is 5.80. The maximum atomic E-state index is 13.0. The van der Waals surface area contributed by atoms with E-state index < -0.39 is 11.9 Å². The molecule has 0 aromatic heterocycles. The van der Waals surface area contributed by atoms with Gasteiger partial charge >= 0.3 is 11.9 Å². The summed E-state index contributed by atoms with van der Waals surface area (Å²) < 4.78 is 11.9. The zero-order valence-electron chi connectivity index (χ0n) is 18.9. The van der Waals surface area contributed by atoms with Gasteiger partial charge in [-0.2, -0.15) is 0 Å². The lowest BCUT2D eigenvalue weighted by atomic mass is 10.0. The minimum Gasteiger partial charge on any atom is -0.422 e. The summed E-state index contributed by atoms with van der Waals surface area (Å²) in [5, 5.41) is 2.75. The molecule has 0 aliphatic heterocycles. The molecule has 4 heteroatoms. The van der Waals surface area contributed by atoms with Gasteiger partial charge in [-0.3, -0.25) is 0 Å². The lowest BCUT2D eigenvalue weighted by Crippen LogP contribution is -2.11. The minimum absolute atomic E-state index is 0.437. The van der Waals surface area contributed by atoms with E-state index in [1.165, 1.54) is 0 Å². The lowest BCUT2D eigenvalue weighted by Gasteiger charge is -2.16. The van der Waals surface area contributed by atoms with Crippen molar-refractivity contribution < 1.29 is 19.1 Å². The van der Waals surface area contributed by atoms with Crippen LogP contribution >= 0.6 is 0 Å². The van der Waals surface area contributed by atoms with Crippen LogP contribution in [0.4, 0.5) is 0 Å². The fourth-order valence-electron chi connectivity index (χ4n) is 3.95. The van der Waals surface area contributed by atoms with Crippen LogP contribution in [-0.4, -0.2) is 11.9 Å². The Hall–Kier alpha value is -4.44. The van der Waals surface area contributed by atoms with Gasteiger partial charge in [-0.05, 0) is 38.1 Å². The van der Waals surface area contributed by atoms with E-state index in [1.807, 2.05) is 86.6 Å². The number of rotatable bonds is 4. The van der Waals surface area contributed by atoms with E-state index in [-0.39, 0.29) is 0 Å². The normalized spacial score (nSPS) is 10.9. The van der Waals surface area contributed by atoms with Crippen molar-refractivity contribution in [1.82, 2.24) is 0 Å². The van der Waals surface area contributed by atoms with Gasteiger partial charge in [-0.25, -0.2) is 9.59 Å². The summed E-state index contributed by atoms with van der Waals surface area (Å²) in [7, 11) is 0. The molecule has 0 aliphatic rings. The van der Waals surface area contributed by atoms with Crippen LogP contribution in [0.3, 0.4) is 0 Å². The molecule has 34 heavy (non-hydrogen) atoms. The van der Waals surface area contributed by atoms with Crippen molar-refractivity contribution in [3.8, 4) is 11.5 Å². The van der Waals surface area contributed by atoms with Crippen LogP contribution in [0.5, 0.6) is 11.5 Å². The van der Waals surface area contributed by atoms with E-state index >= 15 is 0 Å². The second-order valence-corrected chi connectivity index (χ2v) is 8.26. The Balaban J connectivity index is 1.63. The molecule has 0 unspecified atom stereocenters. The Morgan fingerprint density at radius 1 is 0.471 bits per heavy atom. The summed E-state index contributed by atoms with van der Waals surface area (Å²) in [6, 6.07) is 29.4. The van der Waals surface area contributed by atoms with Crippen molar-refractivity contribution in [3.05, 3.63) is 119 Å². The maximum absolute atomic E-state index is 13.0. The molecule has 166 valence electrons. The highest BCUT2D eigenvalue weighted by molar-refractivity contribution is 6.13. The Labute approximate surface area is 197 Å². The van der Waals surface area contributed by atoms with Crippen LogP contribution in [0.1, 0.15) is 31.8 Å². The number of carbonyl (C=O) groups is 2. The first-order chi connectivity index (χ1) is 16.5. The van der Waals surface area contributed by atoms with Gasteiger partial charge in [0.15, 0.2) is 0 Å². The molecule has 5 rings (SSSR count). The highest BCUT2D eigenvalue weighted by Crippen LogP contribution is 2.43. The number of ether oxygens (including phenoxy) is 2. The van der Waals surface area contributed by atoms with Gasteiger partial charge in [0.2, 0.25) is 0 Å². The molecular formula is C30H22O4. The van der Waals surface area contributed by atoms with Crippen LogP contribution in [0.15, 0.2) is 97.1 Å². The quantitative estimate of drug-likeness (QED) is 0.169. The van der Waals surface area contributed by atoms with E-state index in [1.54, 1.807) is 24.3 Å². The van der Waals surface area contributed by atoms with Crippen molar-refractivity contribution in [3.63, 3.8) is 0 Å². The Morgan fingerprint density at radius 3 is 1.06 bits per heavy atom. The Kier molecular flexibility index (Phi) is 5.56. The summed E-state index contributed by atoms with van der Waals surface area (Å²) in [6.45, 7) is 3.93. The summed E-state index contributed by atoms with van der Waals surface area (Å²) >= 11 is 0. The summed E-state index contributed by atoms with van der Waals surface area (Å²) in [5.41, 5.74) is 3.06. The van der Waals surface area contributed by atoms with Gasteiger partial charge < -0.3 is 9.47 Å². The predicted octanol–water partition coefficient (Wildman–Crippen LogP) is 7.05. The smallest absolute Gasteiger partial charge is 0.343 e. The average molecular weight is 447 g/mol. The van der Waals surface area contributed by atoms with E-state index in [9.17, 15) is 9.59 Å². The molecule has 0 saturated carbocycles.